The van der Waals surface area contributed by atoms with Crippen molar-refractivity contribution in [3.8, 4) is 0 Å². The van der Waals surface area contributed by atoms with E-state index in [1.54, 1.807) is 45.0 Å². The van der Waals surface area contributed by atoms with Gasteiger partial charge in [0.1, 0.15) is 31.0 Å². The average molecular weight is 615 g/mol. The quantitative estimate of drug-likeness (QED) is 0.307. The van der Waals surface area contributed by atoms with Crippen molar-refractivity contribution in [3.05, 3.63) is 67.7 Å². The number of alkyl carbamates (subject to hydrolysis) is 1. The molecule has 2 heterocycles. The van der Waals surface area contributed by atoms with E-state index in [4.69, 9.17) is 30.5 Å². The molecule has 0 spiro atoms. The molecular weight excluding hydrogens is 583 g/mol. The third kappa shape index (κ3) is 9.37. The molecule has 1 fully saturated rings. The number of halogens is 2. The summed E-state index contributed by atoms with van der Waals surface area (Å²) < 4.78 is 37.0. The van der Waals surface area contributed by atoms with Gasteiger partial charge in [0, 0.05) is 11.4 Å². The summed E-state index contributed by atoms with van der Waals surface area (Å²) in [5.41, 5.74) is -2.36. The Kier molecular flexibility index (Phi) is 11.2. The Labute approximate surface area is 244 Å². The minimum Gasteiger partial charge on any atom is -0.444 e. The topological polar surface area (TPSA) is 176 Å². The van der Waals surface area contributed by atoms with E-state index in [1.165, 1.54) is 0 Å². The summed E-state index contributed by atoms with van der Waals surface area (Å²) in [6.07, 6.45) is -2.74. The molecule has 2 amide bonds. The number of nitrogens with zero attached hydrogens (tertiary/aromatic N) is 2. The number of rotatable bonds is 11. The molecule has 1 aliphatic heterocycles. The second kappa shape index (κ2) is 14.4. The fraction of sp³-hybridized carbons (Fsp3) is 0.500. The minimum atomic E-state index is -1.35. The van der Waals surface area contributed by atoms with Crippen molar-refractivity contribution in [1.82, 2.24) is 19.8 Å². The number of amides is 2. The third-order valence-corrected chi connectivity index (χ3v) is 6.03. The van der Waals surface area contributed by atoms with Crippen LogP contribution >= 0.6 is 11.6 Å². The molecule has 3 atom stereocenters. The predicted octanol–water partition coefficient (Wildman–Crippen LogP) is 0.809. The van der Waals surface area contributed by atoms with Crippen LogP contribution in [0.5, 0.6) is 0 Å². The molecular formula is C26H32ClFN4O10. The van der Waals surface area contributed by atoms with E-state index < -0.39 is 85.5 Å². The monoisotopic (exact) mass is 614 g/mol. The highest BCUT2D eigenvalue weighted by molar-refractivity contribution is 6.30. The highest BCUT2D eigenvalue weighted by atomic mass is 35.5. The van der Waals surface area contributed by atoms with Gasteiger partial charge in [0.25, 0.3) is 5.56 Å². The summed E-state index contributed by atoms with van der Waals surface area (Å²) in [4.78, 5) is 60.9. The van der Waals surface area contributed by atoms with E-state index >= 15 is 0 Å². The summed E-state index contributed by atoms with van der Waals surface area (Å²) in [5.74, 6) is -3.11. The lowest BCUT2D eigenvalue weighted by molar-refractivity contribution is -0.147. The van der Waals surface area contributed by atoms with E-state index in [2.05, 4.69) is 10.6 Å². The number of hydrogen-bond donors (Lipinski definition) is 3. The number of hydrogen-bond acceptors (Lipinski definition) is 10. The van der Waals surface area contributed by atoms with E-state index in [0.717, 1.165) is 10.1 Å². The van der Waals surface area contributed by atoms with Crippen molar-refractivity contribution < 1.29 is 42.8 Å². The van der Waals surface area contributed by atoms with Gasteiger partial charge in [-0.2, -0.15) is 4.39 Å². The Bertz CT molecular complexity index is 1390. The number of carbonyl (C=O) groups is 3. The number of ether oxygens (including phenoxy) is 4. The number of nitrogens with one attached hydrogen (secondary N) is 2. The lowest BCUT2D eigenvalue weighted by Crippen LogP contribution is -2.44. The van der Waals surface area contributed by atoms with E-state index in [-0.39, 0.29) is 13.0 Å². The molecule has 0 saturated carbocycles. The minimum absolute atomic E-state index is 0.0412. The van der Waals surface area contributed by atoms with Crippen LogP contribution < -0.4 is 21.9 Å². The van der Waals surface area contributed by atoms with E-state index in [9.17, 15) is 33.5 Å². The second-order valence-electron chi connectivity index (χ2n) is 10.2. The summed E-state index contributed by atoms with van der Waals surface area (Å²) in [6.45, 7) is 2.53. The molecule has 42 heavy (non-hydrogen) atoms. The molecule has 3 N–H and O–H groups in total. The zero-order chi connectivity index (χ0) is 31.0. The largest absolute Gasteiger partial charge is 0.444 e. The molecule has 0 unspecified atom stereocenters. The molecule has 0 bridgehead atoms. The Morgan fingerprint density at radius 1 is 1.14 bits per heavy atom. The second-order valence-corrected chi connectivity index (χ2v) is 10.6. The summed E-state index contributed by atoms with van der Waals surface area (Å²) in [7, 11) is 0. The Morgan fingerprint density at radius 2 is 1.83 bits per heavy atom. The zero-order valence-electron chi connectivity index (χ0n) is 23.1. The van der Waals surface area contributed by atoms with Crippen LogP contribution in [0.15, 0.2) is 40.1 Å². The van der Waals surface area contributed by atoms with Gasteiger partial charge in [-0.1, -0.05) is 23.7 Å². The van der Waals surface area contributed by atoms with Crippen LogP contribution in [-0.2, 0) is 41.9 Å². The lowest BCUT2D eigenvalue weighted by atomic mass is 10.1. The van der Waals surface area contributed by atoms with Gasteiger partial charge in [-0.3, -0.25) is 19.0 Å². The molecule has 0 aliphatic carbocycles. The maximum Gasteiger partial charge on any atom is 0.408 e. The molecule has 1 aromatic carbocycles. The molecule has 3 rings (SSSR count). The van der Waals surface area contributed by atoms with Crippen molar-refractivity contribution in [2.75, 3.05) is 19.7 Å². The van der Waals surface area contributed by atoms with Crippen LogP contribution in [0.25, 0.3) is 0 Å². The maximum atomic E-state index is 14.5. The molecule has 16 heteroatoms. The molecule has 0 radical (unpaired) electrons. The Balaban J connectivity index is 1.58. The van der Waals surface area contributed by atoms with Crippen molar-refractivity contribution >= 4 is 29.6 Å². The highest BCUT2D eigenvalue weighted by Gasteiger charge is 2.37. The number of esters is 1. The third-order valence-electron chi connectivity index (χ3n) is 5.78. The number of benzene rings is 1. The SMILES string of the molecule is CC(C)(C)OC(=O)NCC(=O)NCC(=O)OCn1c(=O)c(F)cn([C@H]2C[C@H](OCc3ccc(Cl)cc3)[C@@H](CO)O2)c1=O. The summed E-state index contributed by atoms with van der Waals surface area (Å²) in [6, 6.07) is 6.89. The van der Waals surface area contributed by atoms with Crippen molar-refractivity contribution in [3.63, 3.8) is 0 Å². The first-order chi connectivity index (χ1) is 19.8. The van der Waals surface area contributed by atoms with Gasteiger partial charge < -0.3 is 34.7 Å². The molecule has 1 saturated heterocycles. The average Bonchev–Trinajstić information content (AvgIpc) is 3.34. The standard InChI is InChI=1S/C26H32ClFN4O10/c1-26(2,3)42-24(37)30-9-20(34)29-10-22(35)40-14-32-23(36)17(28)11-31(25(32)38)21-8-18(19(12-33)41-21)39-13-15-4-6-16(27)7-5-15/h4-7,11,18-19,21,33H,8-10,12-14H2,1-3H3,(H,29,34)(H,30,37)/t18-,19+,21+/m0/s1. The fourth-order valence-electron chi connectivity index (χ4n) is 3.79. The first-order valence-corrected chi connectivity index (χ1v) is 13.2. The van der Waals surface area contributed by atoms with Crippen LogP contribution in [0.2, 0.25) is 5.02 Å². The van der Waals surface area contributed by atoms with Crippen molar-refractivity contribution in [1.29, 1.82) is 0 Å². The number of aliphatic hydroxyl groups is 1. The van der Waals surface area contributed by atoms with Crippen LogP contribution in [-0.4, -0.2) is 69.7 Å². The van der Waals surface area contributed by atoms with Gasteiger partial charge in [0.15, 0.2) is 6.73 Å². The smallest absolute Gasteiger partial charge is 0.408 e. The van der Waals surface area contributed by atoms with Crippen LogP contribution in [0.1, 0.15) is 39.0 Å². The first-order valence-electron chi connectivity index (χ1n) is 12.8. The number of aromatic nitrogens is 2. The molecule has 14 nitrogen and oxygen atoms in total. The lowest BCUT2D eigenvalue weighted by Gasteiger charge is -2.19. The predicted molar refractivity (Wildman–Crippen MR) is 144 cm³/mol. The zero-order valence-corrected chi connectivity index (χ0v) is 23.9. The van der Waals surface area contributed by atoms with Gasteiger partial charge in [-0.15, -0.1) is 0 Å². The summed E-state index contributed by atoms with van der Waals surface area (Å²) in [5, 5.41) is 14.7. The van der Waals surface area contributed by atoms with Crippen LogP contribution in [0.4, 0.5) is 9.18 Å². The first kappa shape index (κ1) is 32.7. The fourth-order valence-corrected chi connectivity index (χ4v) is 3.92. The van der Waals surface area contributed by atoms with Crippen molar-refractivity contribution in [2.24, 2.45) is 0 Å². The van der Waals surface area contributed by atoms with Gasteiger partial charge in [-0.05, 0) is 38.5 Å². The van der Waals surface area contributed by atoms with Gasteiger partial charge in [-0.25, -0.2) is 14.2 Å². The highest BCUT2D eigenvalue weighted by Crippen LogP contribution is 2.30. The number of aliphatic hydroxyl groups excluding tert-OH is 1. The Morgan fingerprint density at radius 3 is 2.48 bits per heavy atom. The van der Waals surface area contributed by atoms with E-state index in [1.807, 2.05) is 0 Å². The normalized spacial score (nSPS) is 18.4. The van der Waals surface area contributed by atoms with Gasteiger partial charge >= 0.3 is 17.8 Å². The van der Waals surface area contributed by atoms with Crippen molar-refractivity contribution in [2.45, 2.75) is 64.6 Å². The molecule has 2 aromatic rings. The number of carbonyl (C=O) groups excluding carboxylic acids is 3. The summed E-state index contributed by atoms with van der Waals surface area (Å²) >= 11 is 5.89. The molecule has 1 aromatic heterocycles. The Hall–Kier alpha value is -3.79. The van der Waals surface area contributed by atoms with Crippen LogP contribution in [0, 0.1) is 5.82 Å². The molecule has 230 valence electrons. The van der Waals surface area contributed by atoms with E-state index in [0.29, 0.717) is 15.8 Å². The molecule has 1 aliphatic rings. The van der Waals surface area contributed by atoms with Gasteiger partial charge in [0.2, 0.25) is 11.7 Å². The van der Waals surface area contributed by atoms with Gasteiger partial charge in [0.05, 0.1) is 25.5 Å². The van der Waals surface area contributed by atoms with Crippen LogP contribution in [0.3, 0.4) is 0 Å². The maximum absolute atomic E-state index is 14.5.